The second-order valence-electron chi connectivity index (χ2n) is 7.18. The molecule has 2 aromatic carbocycles. The van der Waals surface area contributed by atoms with Gasteiger partial charge in [0.05, 0.1) is 19.5 Å². The Balaban J connectivity index is 1.49. The van der Waals surface area contributed by atoms with Crippen LogP contribution < -0.4 is 0 Å². The normalized spacial score (nSPS) is 10.8. The number of benzene rings is 2. The summed E-state index contributed by atoms with van der Waals surface area (Å²) in [4.78, 5) is 16.3. The zero-order valence-electron chi connectivity index (χ0n) is 16.5. The molecule has 2 heterocycles. The van der Waals surface area contributed by atoms with E-state index < -0.39 is 0 Å². The largest absolute Gasteiger partial charge is 0.353 e. The minimum absolute atomic E-state index is 0.145. The van der Waals surface area contributed by atoms with Crippen LogP contribution in [0.4, 0.5) is 0 Å². The van der Waals surface area contributed by atoms with E-state index in [1.165, 1.54) is 16.0 Å². The lowest BCUT2D eigenvalue weighted by atomic mass is 10.0. The highest BCUT2D eigenvalue weighted by molar-refractivity contribution is 7.09. The maximum atomic E-state index is 13.2. The van der Waals surface area contributed by atoms with Crippen LogP contribution in [0.25, 0.3) is 11.1 Å². The average Bonchev–Trinajstić information content (AvgIpc) is 3.41. The Morgan fingerprint density at radius 1 is 0.862 bits per heavy atom. The van der Waals surface area contributed by atoms with Gasteiger partial charge >= 0.3 is 0 Å². The molecule has 0 aliphatic heterocycles. The number of amides is 1. The summed E-state index contributed by atoms with van der Waals surface area (Å²) in [5.41, 5.74) is 4.53. The summed E-state index contributed by atoms with van der Waals surface area (Å²) in [6.45, 7) is 1.26. The van der Waals surface area contributed by atoms with Crippen LogP contribution in [0.3, 0.4) is 0 Å². The highest BCUT2D eigenvalue weighted by atomic mass is 32.1. The van der Waals surface area contributed by atoms with E-state index in [9.17, 15) is 4.79 Å². The summed E-state index contributed by atoms with van der Waals surface area (Å²) in [6, 6.07) is 26.8. The highest BCUT2D eigenvalue weighted by Crippen LogP contribution is 2.21. The summed E-state index contributed by atoms with van der Waals surface area (Å²) >= 11 is 1.69. The average molecular weight is 401 g/mol. The van der Waals surface area contributed by atoms with Crippen molar-refractivity contribution in [1.29, 1.82) is 0 Å². The van der Waals surface area contributed by atoms with Gasteiger partial charge in [0.25, 0.3) is 0 Å². The third-order valence-electron chi connectivity index (χ3n) is 5.10. The van der Waals surface area contributed by atoms with Crippen LogP contribution in [0.1, 0.15) is 16.1 Å². The molecule has 146 valence electrons. The lowest BCUT2D eigenvalue weighted by molar-refractivity contribution is -0.131. The van der Waals surface area contributed by atoms with Crippen molar-refractivity contribution in [3.63, 3.8) is 0 Å². The molecule has 0 radical (unpaired) electrons. The lowest BCUT2D eigenvalue weighted by Gasteiger charge is -2.23. The maximum Gasteiger partial charge on any atom is 0.227 e. The van der Waals surface area contributed by atoms with E-state index in [-0.39, 0.29) is 5.91 Å². The number of carbonyl (C=O) groups excluding carboxylic acids is 1. The van der Waals surface area contributed by atoms with Crippen molar-refractivity contribution in [1.82, 2.24) is 9.47 Å². The van der Waals surface area contributed by atoms with E-state index in [0.717, 1.165) is 11.3 Å². The molecule has 0 atom stereocenters. The van der Waals surface area contributed by atoms with Gasteiger partial charge in [0.15, 0.2) is 0 Å². The number of carbonyl (C=O) groups is 1. The number of hydrogen-bond donors (Lipinski definition) is 0. The van der Waals surface area contributed by atoms with Crippen LogP contribution in [0.2, 0.25) is 0 Å². The first-order valence-electron chi connectivity index (χ1n) is 9.74. The van der Waals surface area contributed by atoms with E-state index >= 15 is 0 Å². The number of thiophene rings is 1. The van der Waals surface area contributed by atoms with Gasteiger partial charge < -0.3 is 9.47 Å². The van der Waals surface area contributed by atoms with Gasteiger partial charge in [-0.3, -0.25) is 4.79 Å². The molecule has 4 heteroatoms. The molecular formula is C25H24N2OS. The molecule has 0 aliphatic rings. The van der Waals surface area contributed by atoms with Crippen molar-refractivity contribution in [2.75, 3.05) is 0 Å². The van der Waals surface area contributed by atoms with Gasteiger partial charge in [0.2, 0.25) is 5.91 Å². The van der Waals surface area contributed by atoms with Gasteiger partial charge in [-0.15, -0.1) is 11.3 Å². The minimum atomic E-state index is 0.145. The fourth-order valence-electron chi connectivity index (χ4n) is 3.41. The molecule has 0 unspecified atom stereocenters. The molecule has 0 bridgehead atoms. The zero-order chi connectivity index (χ0) is 20.1. The first kappa shape index (κ1) is 19.2. The van der Waals surface area contributed by atoms with Crippen molar-refractivity contribution >= 4 is 17.2 Å². The Morgan fingerprint density at radius 3 is 2.28 bits per heavy atom. The SMILES string of the molecule is Cn1cccc1CN(Cc1cccs1)C(=O)Cc1ccc(-c2ccccc2)cc1. The fourth-order valence-corrected chi connectivity index (χ4v) is 4.13. The molecule has 4 rings (SSSR count). The molecular weight excluding hydrogens is 376 g/mol. The Morgan fingerprint density at radius 2 is 1.62 bits per heavy atom. The molecule has 0 aliphatic carbocycles. The molecule has 1 amide bonds. The lowest BCUT2D eigenvalue weighted by Crippen LogP contribution is -2.31. The molecule has 4 aromatic rings. The van der Waals surface area contributed by atoms with E-state index in [1.54, 1.807) is 11.3 Å². The Labute approximate surface area is 175 Å². The summed E-state index contributed by atoms with van der Waals surface area (Å²) in [5, 5.41) is 2.06. The van der Waals surface area contributed by atoms with Crippen LogP contribution >= 0.6 is 11.3 Å². The Hall–Kier alpha value is -3.11. The first-order valence-corrected chi connectivity index (χ1v) is 10.6. The summed E-state index contributed by atoms with van der Waals surface area (Å²) in [7, 11) is 2.02. The van der Waals surface area contributed by atoms with Crippen LogP contribution in [-0.4, -0.2) is 15.4 Å². The van der Waals surface area contributed by atoms with Gasteiger partial charge in [0.1, 0.15) is 0 Å². The van der Waals surface area contributed by atoms with Gasteiger partial charge in [-0.05, 0) is 40.3 Å². The van der Waals surface area contributed by atoms with Gasteiger partial charge in [-0.25, -0.2) is 0 Å². The third-order valence-corrected chi connectivity index (χ3v) is 5.96. The van der Waals surface area contributed by atoms with E-state index in [4.69, 9.17) is 0 Å². The first-order chi connectivity index (χ1) is 14.2. The fraction of sp³-hybridized carbons (Fsp3) is 0.160. The van der Waals surface area contributed by atoms with Gasteiger partial charge in [0, 0.05) is 23.8 Å². The minimum Gasteiger partial charge on any atom is -0.353 e. The topological polar surface area (TPSA) is 25.2 Å². The number of aryl methyl sites for hydroxylation is 1. The molecule has 0 saturated carbocycles. The molecule has 0 spiro atoms. The van der Waals surface area contributed by atoms with E-state index in [0.29, 0.717) is 19.5 Å². The summed E-state index contributed by atoms with van der Waals surface area (Å²) in [6.07, 6.45) is 2.43. The third kappa shape index (κ3) is 4.84. The van der Waals surface area contributed by atoms with E-state index in [2.05, 4.69) is 58.5 Å². The number of aromatic nitrogens is 1. The quantitative estimate of drug-likeness (QED) is 0.401. The Bertz CT molecular complexity index is 1050. The van der Waals surface area contributed by atoms with Gasteiger partial charge in [-0.1, -0.05) is 60.7 Å². The van der Waals surface area contributed by atoms with Crippen molar-refractivity contribution < 1.29 is 4.79 Å². The summed E-state index contributed by atoms with van der Waals surface area (Å²) < 4.78 is 2.07. The number of rotatable bonds is 7. The van der Waals surface area contributed by atoms with Crippen LogP contribution in [0.5, 0.6) is 0 Å². The smallest absolute Gasteiger partial charge is 0.227 e. The van der Waals surface area contributed by atoms with E-state index in [1.807, 2.05) is 48.5 Å². The zero-order valence-corrected chi connectivity index (χ0v) is 17.3. The van der Waals surface area contributed by atoms with Crippen LogP contribution in [0.15, 0.2) is 90.4 Å². The highest BCUT2D eigenvalue weighted by Gasteiger charge is 2.17. The molecule has 0 N–H and O–H groups in total. The van der Waals surface area contributed by atoms with Crippen LogP contribution in [0, 0.1) is 0 Å². The molecule has 2 aromatic heterocycles. The second-order valence-corrected chi connectivity index (χ2v) is 8.21. The Kier molecular flexibility index (Phi) is 5.92. The summed E-state index contributed by atoms with van der Waals surface area (Å²) in [5.74, 6) is 0.145. The second kappa shape index (κ2) is 8.93. The van der Waals surface area contributed by atoms with Crippen molar-refractivity contribution in [2.45, 2.75) is 19.5 Å². The van der Waals surface area contributed by atoms with Crippen molar-refractivity contribution in [2.24, 2.45) is 7.05 Å². The van der Waals surface area contributed by atoms with Gasteiger partial charge in [-0.2, -0.15) is 0 Å². The predicted octanol–water partition coefficient (Wildman–Crippen LogP) is 5.53. The molecule has 0 fully saturated rings. The maximum absolute atomic E-state index is 13.2. The predicted molar refractivity (Wildman–Crippen MR) is 120 cm³/mol. The van der Waals surface area contributed by atoms with Crippen molar-refractivity contribution in [3.8, 4) is 11.1 Å². The molecule has 0 saturated heterocycles. The van der Waals surface area contributed by atoms with Crippen LogP contribution in [-0.2, 0) is 31.4 Å². The molecule has 3 nitrogen and oxygen atoms in total. The standard InChI is InChI=1S/C25H24N2OS/c1-26-15-5-9-23(26)18-27(19-24-10-6-16-29-24)25(28)17-20-11-13-22(14-12-20)21-7-3-2-4-8-21/h2-16H,17-19H2,1H3. The monoisotopic (exact) mass is 400 g/mol. The molecule has 29 heavy (non-hydrogen) atoms. The number of nitrogens with zero attached hydrogens (tertiary/aromatic N) is 2. The number of hydrogen-bond acceptors (Lipinski definition) is 2. The van der Waals surface area contributed by atoms with Crippen molar-refractivity contribution in [3.05, 3.63) is 107 Å².